The number of esters is 1. The van der Waals surface area contributed by atoms with Crippen LogP contribution in [0.4, 0.5) is 0 Å². The van der Waals surface area contributed by atoms with Crippen molar-refractivity contribution in [3.63, 3.8) is 0 Å². The zero-order chi connectivity index (χ0) is 14.2. The fraction of sp³-hybridized carbons (Fsp3) is 0.235. The molecule has 0 saturated carbocycles. The van der Waals surface area contributed by atoms with Gasteiger partial charge in [-0.3, -0.25) is 4.79 Å². The van der Waals surface area contributed by atoms with Crippen LogP contribution in [0.25, 0.3) is 11.1 Å². The zero-order valence-corrected chi connectivity index (χ0v) is 11.3. The van der Waals surface area contributed by atoms with Gasteiger partial charge in [-0.1, -0.05) is 54.6 Å². The van der Waals surface area contributed by atoms with Gasteiger partial charge in [-0.05, 0) is 16.7 Å². The molecule has 0 bridgehead atoms. The molecule has 0 heterocycles. The molecule has 0 fully saturated rings. The Labute approximate surface area is 118 Å². The molecule has 0 aliphatic carbocycles. The minimum Gasteiger partial charge on any atom is -0.465 e. The van der Waals surface area contributed by atoms with Crippen molar-refractivity contribution >= 4 is 5.97 Å². The van der Waals surface area contributed by atoms with Crippen LogP contribution < -0.4 is 0 Å². The Morgan fingerprint density at radius 2 is 1.60 bits per heavy atom. The van der Waals surface area contributed by atoms with Crippen LogP contribution in [0.5, 0.6) is 0 Å². The highest BCUT2D eigenvalue weighted by atomic mass is 16.5. The highest BCUT2D eigenvalue weighted by Crippen LogP contribution is 2.19. The van der Waals surface area contributed by atoms with E-state index in [-0.39, 0.29) is 25.6 Å². The minimum absolute atomic E-state index is 0.0407. The van der Waals surface area contributed by atoms with Crippen LogP contribution >= 0.6 is 0 Å². The first-order chi connectivity index (χ1) is 9.79. The van der Waals surface area contributed by atoms with Crippen molar-refractivity contribution in [1.29, 1.82) is 0 Å². The fourth-order valence-corrected chi connectivity index (χ4v) is 1.91. The Morgan fingerprint density at radius 1 is 0.950 bits per heavy atom. The van der Waals surface area contributed by atoms with Crippen molar-refractivity contribution < 1.29 is 14.6 Å². The van der Waals surface area contributed by atoms with E-state index in [1.165, 1.54) is 0 Å². The number of hydrogen-bond acceptors (Lipinski definition) is 3. The summed E-state index contributed by atoms with van der Waals surface area (Å²) in [6.45, 7) is 0.316. The number of hydrogen-bond donors (Lipinski definition) is 1. The van der Waals surface area contributed by atoms with E-state index in [1.807, 2.05) is 42.5 Å². The molecule has 3 nitrogen and oxygen atoms in total. The van der Waals surface area contributed by atoms with Crippen LogP contribution in [-0.4, -0.2) is 24.3 Å². The Balaban J connectivity index is 1.93. The molecule has 2 aromatic rings. The zero-order valence-electron chi connectivity index (χ0n) is 11.3. The summed E-state index contributed by atoms with van der Waals surface area (Å²) in [5.41, 5.74) is 3.21. The van der Waals surface area contributed by atoms with Gasteiger partial charge in [0, 0.05) is 13.0 Å². The molecule has 3 heteroatoms. The standard InChI is InChI=1S/C17H18O3/c18-11-4-12-20-17(19)13-14-7-9-16(10-8-14)15-5-2-1-3-6-15/h1-3,5-10,18H,4,11-13H2. The van der Waals surface area contributed by atoms with Crippen molar-refractivity contribution in [2.45, 2.75) is 12.8 Å². The summed E-state index contributed by atoms with van der Waals surface area (Å²) in [5, 5.41) is 8.62. The third-order valence-corrected chi connectivity index (χ3v) is 2.98. The summed E-state index contributed by atoms with van der Waals surface area (Å²) in [5.74, 6) is -0.258. The number of benzene rings is 2. The first-order valence-corrected chi connectivity index (χ1v) is 6.70. The molecule has 0 amide bonds. The normalized spacial score (nSPS) is 10.2. The second-order valence-electron chi connectivity index (χ2n) is 4.54. The highest BCUT2D eigenvalue weighted by molar-refractivity contribution is 5.73. The quantitative estimate of drug-likeness (QED) is 0.648. The van der Waals surface area contributed by atoms with Gasteiger partial charge in [0.25, 0.3) is 0 Å². The lowest BCUT2D eigenvalue weighted by Gasteiger charge is -2.05. The first-order valence-electron chi connectivity index (χ1n) is 6.70. The lowest BCUT2D eigenvalue weighted by molar-refractivity contribution is -0.143. The maximum Gasteiger partial charge on any atom is 0.310 e. The van der Waals surface area contributed by atoms with E-state index in [4.69, 9.17) is 9.84 Å². The summed E-state index contributed by atoms with van der Waals surface area (Å²) >= 11 is 0. The molecule has 104 valence electrons. The van der Waals surface area contributed by atoms with Crippen LogP contribution in [0.15, 0.2) is 54.6 Å². The van der Waals surface area contributed by atoms with E-state index in [0.717, 1.165) is 16.7 Å². The molecule has 0 radical (unpaired) electrons. The first kappa shape index (κ1) is 14.3. The SMILES string of the molecule is O=C(Cc1ccc(-c2ccccc2)cc1)OCCCO. The van der Waals surface area contributed by atoms with Gasteiger partial charge in [0.05, 0.1) is 13.0 Å². The van der Waals surface area contributed by atoms with Crippen molar-refractivity contribution in [1.82, 2.24) is 0 Å². The largest absolute Gasteiger partial charge is 0.465 e. The lowest BCUT2D eigenvalue weighted by atomic mass is 10.0. The summed E-state index contributed by atoms with van der Waals surface area (Å²) in [7, 11) is 0. The van der Waals surface area contributed by atoms with E-state index < -0.39 is 0 Å². The number of carbonyl (C=O) groups excluding carboxylic acids is 1. The van der Waals surface area contributed by atoms with Crippen molar-refractivity contribution in [3.05, 3.63) is 60.2 Å². The van der Waals surface area contributed by atoms with Crippen LogP contribution in [0.1, 0.15) is 12.0 Å². The number of aliphatic hydroxyl groups excluding tert-OH is 1. The maximum atomic E-state index is 11.5. The van der Waals surface area contributed by atoms with Gasteiger partial charge in [-0.25, -0.2) is 0 Å². The predicted octanol–water partition coefficient (Wildman–Crippen LogP) is 2.82. The van der Waals surface area contributed by atoms with E-state index in [2.05, 4.69) is 12.1 Å². The fourth-order valence-electron chi connectivity index (χ4n) is 1.91. The summed E-state index contributed by atoms with van der Waals surface area (Å²) < 4.78 is 5.00. The molecule has 2 rings (SSSR count). The molecule has 0 saturated heterocycles. The smallest absolute Gasteiger partial charge is 0.310 e. The van der Waals surface area contributed by atoms with Gasteiger partial charge in [0.2, 0.25) is 0 Å². The van der Waals surface area contributed by atoms with Crippen LogP contribution in [0.3, 0.4) is 0 Å². The van der Waals surface area contributed by atoms with Crippen LogP contribution in [0, 0.1) is 0 Å². The Kier molecular flexibility index (Phi) is 5.33. The Morgan fingerprint density at radius 3 is 2.25 bits per heavy atom. The second-order valence-corrected chi connectivity index (χ2v) is 4.54. The van der Waals surface area contributed by atoms with Gasteiger partial charge < -0.3 is 9.84 Å². The minimum atomic E-state index is -0.258. The monoisotopic (exact) mass is 270 g/mol. The third-order valence-electron chi connectivity index (χ3n) is 2.98. The maximum absolute atomic E-state index is 11.5. The van der Waals surface area contributed by atoms with Gasteiger partial charge in [0.15, 0.2) is 0 Å². The molecule has 1 N–H and O–H groups in total. The van der Waals surface area contributed by atoms with E-state index in [9.17, 15) is 4.79 Å². The van der Waals surface area contributed by atoms with Gasteiger partial charge >= 0.3 is 5.97 Å². The Bertz CT molecular complexity index is 532. The Hall–Kier alpha value is -2.13. The second kappa shape index (κ2) is 7.46. The molecule has 0 aromatic heterocycles. The summed E-state index contributed by atoms with van der Waals surface area (Å²) in [6, 6.07) is 18.0. The van der Waals surface area contributed by atoms with Gasteiger partial charge in [-0.2, -0.15) is 0 Å². The lowest BCUT2D eigenvalue weighted by Crippen LogP contribution is -2.09. The number of rotatable bonds is 6. The summed E-state index contributed by atoms with van der Waals surface area (Å²) in [4.78, 5) is 11.5. The van der Waals surface area contributed by atoms with Crippen LogP contribution in [-0.2, 0) is 16.0 Å². The molecular formula is C17H18O3. The average molecular weight is 270 g/mol. The van der Waals surface area contributed by atoms with Crippen molar-refractivity contribution in [2.75, 3.05) is 13.2 Å². The number of aliphatic hydroxyl groups is 1. The van der Waals surface area contributed by atoms with E-state index in [0.29, 0.717) is 6.42 Å². The van der Waals surface area contributed by atoms with E-state index >= 15 is 0 Å². The van der Waals surface area contributed by atoms with Crippen LogP contribution in [0.2, 0.25) is 0 Å². The molecule has 20 heavy (non-hydrogen) atoms. The number of ether oxygens (including phenoxy) is 1. The third kappa shape index (κ3) is 4.21. The van der Waals surface area contributed by atoms with Crippen molar-refractivity contribution in [3.8, 4) is 11.1 Å². The van der Waals surface area contributed by atoms with Gasteiger partial charge in [-0.15, -0.1) is 0 Å². The van der Waals surface area contributed by atoms with Gasteiger partial charge in [0.1, 0.15) is 0 Å². The predicted molar refractivity (Wildman–Crippen MR) is 78.2 cm³/mol. The average Bonchev–Trinajstić information content (AvgIpc) is 2.49. The highest BCUT2D eigenvalue weighted by Gasteiger charge is 2.05. The van der Waals surface area contributed by atoms with Crippen molar-refractivity contribution in [2.24, 2.45) is 0 Å². The van der Waals surface area contributed by atoms with E-state index in [1.54, 1.807) is 0 Å². The molecular weight excluding hydrogens is 252 g/mol. The molecule has 0 atom stereocenters. The molecule has 0 unspecified atom stereocenters. The molecule has 0 spiro atoms. The summed E-state index contributed by atoms with van der Waals surface area (Å²) in [6.07, 6.45) is 0.749. The molecule has 2 aromatic carbocycles. The molecule has 0 aliphatic heterocycles. The number of carbonyl (C=O) groups is 1. The topological polar surface area (TPSA) is 46.5 Å². The molecule has 0 aliphatic rings.